The summed E-state index contributed by atoms with van der Waals surface area (Å²) in [5, 5.41) is 4.56. The molecule has 1 amide bonds. The second-order valence-corrected chi connectivity index (χ2v) is 6.53. The minimum absolute atomic E-state index is 0.188. The number of nitrogens with zero attached hydrogens (tertiary/aromatic N) is 1. The number of rotatable bonds is 5. The van der Waals surface area contributed by atoms with Crippen molar-refractivity contribution in [2.24, 2.45) is 0 Å². The van der Waals surface area contributed by atoms with Crippen LogP contribution in [0.15, 0.2) is 42.5 Å². The minimum atomic E-state index is -0.339. The molecule has 2 aromatic carbocycles. The number of carbonyl (C=O) groups is 1. The fourth-order valence-corrected chi connectivity index (χ4v) is 3.04. The van der Waals surface area contributed by atoms with Gasteiger partial charge in [0.05, 0.1) is 12.6 Å². The third-order valence-corrected chi connectivity index (χ3v) is 4.13. The van der Waals surface area contributed by atoms with Crippen LogP contribution in [0.3, 0.4) is 0 Å². The molecule has 7 heteroatoms. The van der Waals surface area contributed by atoms with Gasteiger partial charge in [-0.25, -0.2) is 4.98 Å². The van der Waals surface area contributed by atoms with Crippen molar-refractivity contribution in [3.05, 3.63) is 58.1 Å². The molecule has 0 unspecified atom stereocenters. The summed E-state index contributed by atoms with van der Waals surface area (Å²) in [7, 11) is 1.60. The highest BCUT2D eigenvalue weighted by molar-refractivity contribution is 6.35. The van der Waals surface area contributed by atoms with E-state index in [0.717, 1.165) is 16.5 Å². The average Bonchev–Trinajstić information content (AvgIpc) is 2.58. The van der Waals surface area contributed by atoms with E-state index in [0.29, 0.717) is 27.4 Å². The summed E-state index contributed by atoms with van der Waals surface area (Å²) in [6.07, 6.45) is 0. The zero-order valence-corrected chi connectivity index (χ0v) is 15.7. The number of methoxy groups -OCH3 is 1. The van der Waals surface area contributed by atoms with Gasteiger partial charge in [0, 0.05) is 33.3 Å². The van der Waals surface area contributed by atoms with E-state index in [1.54, 1.807) is 31.4 Å². The maximum atomic E-state index is 12.1. The molecule has 3 aromatic rings. The van der Waals surface area contributed by atoms with Gasteiger partial charge in [-0.3, -0.25) is 4.79 Å². The minimum Gasteiger partial charge on any atom is -0.497 e. The number of nitrogens with one attached hydrogen (secondary N) is 1. The number of aromatic nitrogens is 1. The van der Waals surface area contributed by atoms with E-state index in [1.807, 2.05) is 25.1 Å². The molecule has 0 spiro atoms. The topological polar surface area (TPSA) is 60.5 Å². The number of halogens is 2. The molecule has 5 nitrogen and oxygen atoms in total. The van der Waals surface area contributed by atoms with Gasteiger partial charge in [-0.15, -0.1) is 0 Å². The summed E-state index contributed by atoms with van der Waals surface area (Å²) < 4.78 is 10.8. The summed E-state index contributed by atoms with van der Waals surface area (Å²) in [4.78, 5) is 16.5. The number of aryl methyl sites for hydroxylation is 1. The van der Waals surface area contributed by atoms with Gasteiger partial charge >= 0.3 is 0 Å². The number of benzene rings is 2. The van der Waals surface area contributed by atoms with E-state index in [-0.39, 0.29) is 12.5 Å². The summed E-state index contributed by atoms with van der Waals surface area (Å²) in [5.41, 5.74) is 2.24. The van der Waals surface area contributed by atoms with Crippen molar-refractivity contribution in [3.63, 3.8) is 0 Å². The molecule has 1 aromatic heterocycles. The molecule has 134 valence electrons. The SMILES string of the molecule is COc1ccc2c(C)cc(OCC(=O)Nc3cc(Cl)cc(Cl)c3)nc2c1. The Labute approximate surface area is 160 Å². The standard InChI is InChI=1S/C19H16Cl2N2O3/c1-11-5-19(23-17-9-15(25-2)3-4-16(11)17)26-10-18(24)22-14-7-12(20)6-13(21)8-14/h3-9H,10H2,1-2H3,(H,22,24). The van der Waals surface area contributed by atoms with Gasteiger partial charge in [0.25, 0.3) is 5.91 Å². The third-order valence-electron chi connectivity index (χ3n) is 3.70. The Bertz CT molecular complexity index is 956. The normalized spacial score (nSPS) is 10.6. The number of anilines is 1. The second kappa shape index (κ2) is 7.81. The molecule has 0 aliphatic rings. The molecule has 0 bridgehead atoms. The van der Waals surface area contributed by atoms with Crippen molar-refractivity contribution >= 4 is 45.7 Å². The zero-order chi connectivity index (χ0) is 18.7. The highest BCUT2D eigenvalue weighted by Gasteiger charge is 2.09. The van der Waals surface area contributed by atoms with Gasteiger partial charge in [-0.2, -0.15) is 0 Å². The van der Waals surface area contributed by atoms with Gasteiger partial charge in [-0.05, 0) is 42.8 Å². The fraction of sp³-hybridized carbons (Fsp3) is 0.158. The molecule has 0 saturated heterocycles. The first-order valence-corrected chi connectivity index (χ1v) is 8.54. The second-order valence-electron chi connectivity index (χ2n) is 5.66. The summed E-state index contributed by atoms with van der Waals surface area (Å²) in [6, 6.07) is 12.2. The van der Waals surface area contributed by atoms with Crippen LogP contribution in [0.2, 0.25) is 10.0 Å². The van der Waals surface area contributed by atoms with Crippen LogP contribution < -0.4 is 14.8 Å². The van der Waals surface area contributed by atoms with E-state index in [4.69, 9.17) is 32.7 Å². The van der Waals surface area contributed by atoms with E-state index in [9.17, 15) is 4.79 Å². The molecule has 0 radical (unpaired) electrons. The molecule has 1 heterocycles. The van der Waals surface area contributed by atoms with E-state index in [1.165, 1.54) is 0 Å². The van der Waals surface area contributed by atoms with Crippen LogP contribution in [0.4, 0.5) is 5.69 Å². The van der Waals surface area contributed by atoms with Crippen LogP contribution >= 0.6 is 23.2 Å². The largest absolute Gasteiger partial charge is 0.497 e. The third kappa shape index (κ3) is 4.36. The van der Waals surface area contributed by atoms with Crippen molar-refractivity contribution in [2.45, 2.75) is 6.92 Å². The van der Waals surface area contributed by atoms with Crippen LogP contribution in [-0.4, -0.2) is 24.6 Å². The van der Waals surface area contributed by atoms with Crippen molar-refractivity contribution in [1.29, 1.82) is 0 Å². The monoisotopic (exact) mass is 390 g/mol. The Morgan fingerprint density at radius 3 is 2.54 bits per heavy atom. The number of carbonyl (C=O) groups excluding carboxylic acids is 1. The van der Waals surface area contributed by atoms with Crippen molar-refractivity contribution in [1.82, 2.24) is 4.98 Å². The maximum absolute atomic E-state index is 12.1. The molecule has 0 saturated carbocycles. The van der Waals surface area contributed by atoms with Gasteiger partial charge in [0.15, 0.2) is 6.61 Å². The summed E-state index contributed by atoms with van der Waals surface area (Å²) in [6.45, 7) is 1.77. The van der Waals surface area contributed by atoms with E-state index >= 15 is 0 Å². The Morgan fingerprint density at radius 2 is 1.85 bits per heavy atom. The first-order chi connectivity index (χ1) is 12.4. The molecule has 26 heavy (non-hydrogen) atoms. The lowest BCUT2D eigenvalue weighted by Gasteiger charge is -2.10. The fourth-order valence-electron chi connectivity index (χ4n) is 2.51. The lowest BCUT2D eigenvalue weighted by Crippen LogP contribution is -2.20. The Hall–Kier alpha value is -2.50. The number of ether oxygens (including phenoxy) is 2. The van der Waals surface area contributed by atoms with Gasteiger partial charge < -0.3 is 14.8 Å². The van der Waals surface area contributed by atoms with Gasteiger partial charge in [0.1, 0.15) is 5.75 Å². The molecular weight excluding hydrogens is 375 g/mol. The smallest absolute Gasteiger partial charge is 0.262 e. The molecule has 0 fully saturated rings. The summed E-state index contributed by atoms with van der Waals surface area (Å²) >= 11 is 11.8. The van der Waals surface area contributed by atoms with Crippen molar-refractivity contribution in [3.8, 4) is 11.6 Å². The highest BCUT2D eigenvalue weighted by atomic mass is 35.5. The lowest BCUT2D eigenvalue weighted by molar-refractivity contribution is -0.118. The number of fused-ring (bicyclic) bond motifs is 1. The van der Waals surface area contributed by atoms with Gasteiger partial charge in [0.2, 0.25) is 5.88 Å². The number of pyridine rings is 1. The Balaban J connectivity index is 1.71. The zero-order valence-electron chi connectivity index (χ0n) is 14.2. The van der Waals surface area contributed by atoms with E-state index in [2.05, 4.69) is 10.3 Å². The van der Waals surface area contributed by atoms with Crippen molar-refractivity contribution in [2.75, 3.05) is 19.0 Å². The van der Waals surface area contributed by atoms with Crippen LogP contribution in [0.5, 0.6) is 11.6 Å². The highest BCUT2D eigenvalue weighted by Crippen LogP contribution is 2.25. The lowest BCUT2D eigenvalue weighted by atomic mass is 10.1. The first kappa shape index (κ1) is 18.3. The number of hydrogen-bond donors (Lipinski definition) is 1. The van der Waals surface area contributed by atoms with Crippen LogP contribution in [0.25, 0.3) is 10.9 Å². The Kier molecular flexibility index (Phi) is 5.49. The van der Waals surface area contributed by atoms with Crippen LogP contribution in [0, 0.1) is 6.92 Å². The van der Waals surface area contributed by atoms with Crippen molar-refractivity contribution < 1.29 is 14.3 Å². The number of hydrogen-bond acceptors (Lipinski definition) is 4. The Morgan fingerprint density at radius 1 is 1.12 bits per heavy atom. The molecule has 1 N–H and O–H groups in total. The molecule has 0 aliphatic carbocycles. The first-order valence-electron chi connectivity index (χ1n) is 7.79. The van der Waals surface area contributed by atoms with Crippen LogP contribution in [0.1, 0.15) is 5.56 Å². The molecule has 0 aliphatic heterocycles. The maximum Gasteiger partial charge on any atom is 0.262 e. The molecular formula is C19H16Cl2N2O3. The van der Waals surface area contributed by atoms with Crippen LogP contribution in [-0.2, 0) is 4.79 Å². The van der Waals surface area contributed by atoms with Gasteiger partial charge in [-0.1, -0.05) is 23.2 Å². The predicted molar refractivity (Wildman–Crippen MR) is 104 cm³/mol. The summed E-state index contributed by atoms with van der Waals surface area (Å²) in [5.74, 6) is 0.730. The molecule has 0 atom stereocenters. The predicted octanol–water partition coefficient (Wildman–Crippen LogP) is 4.88. The van der Waals surface area contributed by atoms with E-state index < -0.39 is 0 Å². The quantitative estimate of drug-likeness (QED) is 0.674. The number of amides is 1. The molecule has 3 rings (SSSR count). The average molecular weight is 391 g/mol.